The smallest absolute Gasteiger partial charge is 0.170 e. The molecule has 0 radical (unpaired) electrons. The van der Waals surface area contributed by atoms with Crippen LogP contribution in [-0.4, -0.2) is 27.1 Å². The van der Waals surface area contributed by atoms with Crippen LogP contribution in [0.25, 0.3) is 0 Å². The summed E-state index contributed by atoms with van der Waals surface area (Å²) in [5.74, 6) is 2.17. The van der Waals surface area contributed by atoms with Gasteiger partial charge in [-0.2, -0.15) is 0 Å². The number of rotatable bonds is 4. The fourth-order valence-corrected chi connectivity index (χ4v) is 3.37. The van der Waals surface area contributed by atoms with E-state index in [-0.39, 0.29) is 11.7 Å². The molecule has 1 aliphatic carbocycles. The van der Waals surface area contributed by atoms with Crippen LogP contribution in [0.5, 0.6) is 17.2 Å². The van der Waals surface area contributed by atoms with Crippen molar-refractivity contribution in [3.05, 3.63) is 53.1 Å². The third-order valence-electron chi connectivity index (χ3n) is 4.65. The molecule has 4 nitrogen and oxygen atoms in total. The van der Waals surface area contributed by atoms with E-state index >= 15 is 0 Å². The van der Waals surface area contributed by atoms with Gasteiger partial charge in [0.25, 0.3) is 0 Å². The number of carbonyl (C=O) groups is 1. The molecule has 24 heavy (non-hydrogen) atoms. The molecule has 1 atom stereocenters. The summed E-state index contributed by atoms with van der Waals surface area (Å²) in [6, 6.07) is 11.3. The summed E-state index contributed by atoms with van der Waals surface area (Å²) in [7, 11) is 4.90. The van der Waals surface area contributed by atoms with E-state index in [0.717, 1.165) is 53.2 Å². The van der Waals surface area contributed by atoms with Crippen molar-refractivity contribution >= 4 is 5.78 Å². The topological polar surface area (TPSA) is 44.8 Å². The Kier molecular flexibility index (Phi) is 4.74. The summed E-state index contributed by atoms with van der Waals surface area (Å²) in [6.45, 7) is 0. The van der Waals surface area contributed by atoms with Gasteiger partial charge in [-0.05, 0) is 61.2 Å². The number of ether oxygens (including phenoxy) is 3. The number of Topliss-reactive ketones (excluding diaryl/α,β-unsaturated/α-hetero) is 1. The van der Waals surface area contributed by atoms with Gasteiger partial charge >= 0.3 is 0 Å². The average molecular weight is 326 g/mol. The van der Waals surface area contributed by atoms with E-state index in [0.29, 0.717) is 0 Å². The zero-order chi connectivity index (χ0) is 17.1. The van der Waals surface area contributed by atoms with Crippen LogP contribution in [0.15, 0.2) is 36.4 Å². The second kappa shape index (κ2) is 6.95. The van der Waals surface area contributed by atoms with Crippen molar-refractivity contribution in [2.75, 3.05) is 21.3 Å². The first-order chi connectivity index (χ1) is 11.7. The third-order valence-corrected chi connectivity index (χ3v) is 4.65. The number of fused-ring (bicyclic) bond motifs is 1. The maximum absolute atomic E-state index is 13.2. The van der Waals surface area contributed by atoms with Crippen molar-refractivity contribution in [1.82, 2.24) is 0 Å². The minimum atomic E-state index is -0.218. The maximum atomic E-state index is 13.2. The fraction of sp³-hybridized carbons (Fsp3) is 0.350. The van der Waals surface area contributed by atoms with Gasteiger partial charge in [0.15, 0.2) is 5.78 Å². The van der Waals surface area contributed by atoms with E-state index in [1.54, 1.807) is 21.3 Å². The van der Waals surface area contributed by atoms with E-state index in [1.807, 2.05) is 36.4 Å². The lowest BCUT2D eigenvalue weighted by atomic mass is 9.88. The Balaban J connectivity index is 2.04. The summed E-state index contributed by atoms with van der Waals surface area (Å²) in [6.07, 6.45) is 2.61. The van der Waals surface area contributed by atoms with E-state index in [1.165, 1.54) is 0 Å². The quantitative estimate of drug-likeness (QED) is 0.796. The van der Waals surface area contributed by atoms with Crippen molar-refractivity contribution < 1.29 is 19.0 Å². The van der Waals surface area contributed by atoms with Crippen LogP contribution in [0.1, 0.15) is 40.2 Å². The molecule has 0 bridgehead atoms. The highest BCUT2D eigenvalue weighted by atomic mass is 16.5. The lowest BCUT2D eigenvalue weighted by Crippen LogP contribution is -2.13. The number of hydrogen-bond donors (Lipinski definition) is 0. The molecule has 0 amide bonds. The number of methoxy groups -OCH3 is 3. The summed E-state index contributed by atoms with van der Waals surface area (Å²) in [4.78, 5) is 13.2. The van der Waals surface area contributed by atoms with Crippen LogP contribution in [0.3, 0.4) is 0 Å². The highest BCUT2D eigenvalue weighted by Gasteiger charge is 2.29. The van der Waals surface area contributed by atoms with Crippen LogP contribution in [0, 0.1) is 0 Å². The van der Waals surface area contributed by atoms with Crippen LogP contribution < -0.4 is 14.2 Å². The molecule has 0 saturated carbocycles. The fourth-order valence-electron chi connectivity index (χ4n) is 3.37. The monoisotopic (exact) mass is 326 g/mol. The molecule has 2 aromatic carbocycles. The standard InChI is InChI=1S/C20H22O4/c1-22-14-7-9-16-13(11-14)5-4-6-17(20(16)21)18-12-15(23-2)8-10-19(18)24-3/h7-12,17H,4-6H2,1-3H3. The molecule has 126 valence electrons. The van der Waals surface area contributed by atoms with Crippen molar-refractivity contribution in [3.63, 3.8) is 0 Å². The van der Waals surface area contributed by atoms with Crippen molar-refractivity contribution in [2.45, 2.75) is 25.2 Å². The van der Waals surface area contributed by atoms with Gasteiger partial charge in [0.2, 0.25) is 0 Å². The molecule has 0 aliphatic heterocycles. The second-order valence-electron chi connectivity index (χ2n) is 5.94. The van der Waals surface area contributed by atoms with Crippen molar-refractivity contribution in [2.24, 2.45) is 0 Å². The molecule has 3 rings (SSSR count). The molecule has 0 N–H and O–H groups in total. The second-order valence-corrected chi connectivity index (χ2v) is 5.94. The molecule has 1 aliphatic rings. The molecular formula is C20H22O4. The number of hydrogen-bond acceptors (Lipinski definition) is 4. The molecule has 0 fully saturated rings. The van der Waals surface area contributed by atoms with Crippen LogP contribution in [0.2, 0.25) is 0 Å². The SMILES string of the molecule is COc1ccc2c(c1)CCCC(c1cc(OC)ccc1OC)C2=O. The van der Waals surface area contributed by atoms with Crippen LogP contribution in [0.4, 0.5) is 0 Å². The normalized spacial score (nSPS) is 17.0. The Morgan fingerprint density at radius 2 is 1.62 bits per heavy atom. The van der Waals surface area contributed by atoms with Gasteiger partial charge in [-0.15, -0.1) is 0 Å². The van der Waals surface area contributed by atoms with Gasteiger partial charge in [-0.1, -0.05) is 0 Å². The molecule has 1 unspecified atom stereocenters. The Bertz CT molecular complexity index is 751. The molecule has 0 saturated heterocycles. The molecular weight excluding hydrogens is 304 g/mol. The first-order valence-corrected chi connectivity index (χ1v) is 8.11. The zero-order valence-electron chi connectivity index (χ0n) is 14.3. The Hall–Kier alpha value is -2.49. The minimum Gasteiger partial charge on any atom is -0.497 e. The Morgan fingerprint density at radius 1 is 0.917 bits per heavy atom. The molecule has 0 spiro atoms. The van der Waals surface area contributed by atoms with E-state index in [4.69, 9.17) is 14.2 Å². The third kappa shape index (κ3) is 2.96. The Morgan fingerprint density at radius 3 is 2.33 bits per heavy atom. The van der Waals surface area contributed by atoms with Crippen LogP contribution in [-0.2, 0) is 6.42 Å². The number of carbonyl (C=O) groups excluding carboxylic acids is 1. The van der Waals surface area contributed by atoms with Gasteiger partial charge < -0.3 is 14.2 Å². The highest BCUT2D eigenvalue weighted by Crippen LogP contribution is 2.38. The van der Waals surface area contributed by atoms with Gasteiger partial charge in [0, 0.05) is 11.1 Å². The molecule has 0 heterocycles. The van der Waals surface area contributed by atoms with Gasteiger partial charge in [-0.3, -0.25) is 4.79 Å². The predicted molar refractivity (Wildman–Crippen MR) is 92.5 cm³/mol. The Labute approximate surface area is 142 Å². The predicted octanol–water partition coefficient (Wildman–Crippen LogP) is 4.02. The van der Waals surface area contributed by atoms with Crippen LogP contribution >= 0.6 is 0 Å². The van der Waals surface area contributed by atoms with Crippen molar-refractivity contribution in [3.8, 4) is 17.2 Å². The lowest BCUT2D eigenvalue weighted by molar-refractivity contribution is 0.0956. The maximum Gasteiger partial charge on any atom is 0.170 e. The molecule has 4 heteroatoms. The average Bonchev–Trinajstić information content (AvgIpc) is 2.79. The molecule has 2 aromatic rings. The van der Waals surface area contributed by atoms with Gasteiger partial charge in [-0.25, -0.2) is 0 Å². The largest absolute Gasteiger partial charge is 0.497 e. The number of benzene rings is 2. The van der Waals surface area contributed by atoms with E-state index in [9.17, 15) is 4.79 Å². The minimum absolute atomic E-state index is 0.136. The molecule has 0 aromatic heterocycles. The highest BCUT2D eigenvalue weighted by molar-refractivity contribution is 6.03. The van der Waals surface area contributed by atoms with Crippen molar-refractivity contribution in [1.29, 1.82) is 0 Å². The number of ketones is 1. The lowest BCUT2D eigenvalue weighted by Gasteiger charge is -2.18. The summed E-state index contributed by atoms with van der Waals surface area (Å²) < 4.78 is 16.1. The van der Waals surface area contributed by atoms with Gasteiger partial charge in [0.1, 0.15) is 17.2 Å². The van der Waals surface area contributed by atoms with E-state index < -0.39 is 0 Å². The first-order valence-electron chi connectivity index (χ1n) is 8.11. The van der Waals surface area contributed by atoms with Gasteiger partial charge in [0.05, 0.1) is 27.2 Å². The summed E-state index contributed by atoms with van der Waals surface area (Å²) in [5.41, 5.74) is 2.73. The summed E-state index contributed by atoms with van der Waals surface area (Å²) >= 11 is 0. The number of aryl methyl sites for hydroxylation is 1. The summed E-state index contributed by atoms with van der Waals surface area (Å²) in [5, 5.41) is 0. The van der Waals surface area contributed by atoms with E-state index in [2.05, 4.69) is 0 Å². The first kappa shape index (κ1) is 16.4. The zero-order valence-corrected chi connectivity index (χ0v) is 14.3.